The first-order chi connectivity index (χ1) is 11.4. The summed E-state index contributed by atoms with van der Waals surface area (Å²) in [4.78, 5) is 10.7. The summed E-state index contributed by atoms with van der Waals surface area (Å²) in [5.74, 6) is 0.136. The number of para-hydroxylation sites is 1. The van der Waals surface area contributed by atoms with Crippen LogP contribution in [0.2, 0.25) is 0 Å². The van der Waals surface area contributed by atoms with Crippen LogP contribution in [0, 0.1) is 0 Å². The van der Waals surface area contributed by atoms with Crippen molar-refractivity contribution < 1.29 is 22.1 Å². The summed E-state index contributed by atoms with van der Waals surface area (Å²) in [5.41, 5.74) is 7.21. The van der Waals surface area contributed by atoms with Gasteiger partial charge in [0.05, 0.1) is 13.3 Å². The minimum Gasteiger partial charge on any atom is -0.493 e. The lowest BCUT2D eigenvalue weighted by molar-refractivity contribution is 0.249. The molecule has 0 atom stereocenters. The Labute approximate surface area is 139 Å². The molecule has 2 aromatic carbocycles. The van der Waals surface area contributed by atoms with E-state index in [-0.39, 0.29) is 22.0 Å². The highest BCUT2D eigenvalue weighted by Gasteiger charge is 2.21. The molecule has 8 nitrogen and oxygen atoms in total. The molecule has 0 saturated carbocycles. The number of amides is 2. The van der Waals surface area contributed by atoms with E-state index in [1.807, 2.05) is 5.43 Å². The first-order valence-corrected chi connectivity index (χ1v) is 8.10. The van der Waals surface area contributed by atoms with Gasteiger partial charge in [-0.2, -0.15) is 13.5 Å². The molecule has 0 aliphatic rings. The molecule has 2 rings (SSSR count). The molecule has 0 bridgehead atoms. The van der Waals surface area contributed by atoms with Crippen LogP contribution >= 0.6 is 0 Å². The number of methoxy groups -OCH3 is 1. The summed E-state index contributed by atoms with van der Waals surface area (Å²) in [6, 6.07) is 11.5. The highest BCUT2D eigenvalue weighted by Crippen LogP contribution is 2.32. The van der Waals surface area contributed by atoms with Crippen LogP contribution in [0.5, 0.6) is 11.5 Å². The van der Waals surface area contributed by atoms with Crippen LogP contribution in [0.4, 0.5) is 4.79 Å². The fourth-order valence-corrected chi connectivity index (χ4v) is 2.78. The number of hydrazone groups is 1. The van der Waals surface area contributed by atoms with Crippen LogP contribution < -0.4 is 20.1 Å². The van der Waals surface area contributed by atoms with Crippen LogP contribution in [0.15, 0.2) is 58.5 Å². The first-order valence-electron chi connectivity index (χ1n) is 6.69. The number of benzene rings is 2. The molecule has 0 aliphatic carbocycles. The third-order valence-corrected chi connectivity index (χ3v) is 4.07. The number of carbonyl (C=O) groups is 1. The van der Waals surface area contributed by atoms with Crippen molar-refractivity contribution in [2.45, 2.75) is 4.90 Å². The number of primary amides is 1. The number of hydrogen-bond acceptors (Lipinski definition) is 6. The van der Waals surface area contributed by atoms with E-state index in [0.717, 1.165) is 0 Å². The third kappa shape index (κ3) is 4.23. The van der Waals surface area contributed by atoms with Gasteiger partial charge in [-0.05, 0) is 24.3 Å². The molecule has 3 N–H and O–H groups in total. The fraction of sp³-hybridized carbons (Fsp3) is 0.0667. The van der Waals surface area contributed by atoms with Gasteiger partial charge in [-0.3, -0.25) is 0 Å². The van der Waals surface area contributed by atoms with Gasteiger partial charge in [0.15, 0.2) is 11.5 Å². The van der Waals surface area contributed by atoms with E-state index in [4.69, 9.17) is 14.7 Å². The zero-order chi connectivity index (χ0) is 17.6. The standard InChI is InChI=1S/C15H15N3O5S/c1-22-13-9-5-6-11(10-17-18-15(16)19)14(13)23-24(20,21)12-7-3-2-4-8-12/h2-10H,1H3,(H3,16,18,19)/b17-10-. The number of ether oxygens (including phenoxy) is 1. The Kier molecular flexibility index (Phi) is 5.38. The van der Waals surface area contributed by atoms with Crippen LogP contribution in [-0.4, -0.2) is 27.8 Å². The summed E-state index contributed by atoms with van der Waals surface area (Å²) in [6.07, 6.45) is 1.20. The van der Waals surface area contributed by atoms with Crippen LogP contribution in [0.25, 0.3) is 0 Å². The van der Waals surface area contributed by atoms with Crippen molar-refractivity contribution in [3.8, 4) is 11.5 Å². The highest BCUT2D eigenvalue weighted by atomic mass is 32.2. The molecule has 2 aromatic rings. The van der Waals surface area contributed by atoms with Crippen molar-refractivity contribution in [3.63, 3.8) is 0 Å². The third-order valence-electron chi connectivity index (χ3n) is 2.83. The number of nitrogens with two attached hydrogens (primary N) is 1. The van der Waals surface area contributed by atoms with Crippen LogP contribution in [0.3, 0.4) is 0 Å². The Morgan fingerprint density at radius 3 is 2.50 bits per heavy atom. The van der Waals surface area contributed by atoms with E-state index >= 15 is 0 Å². The van der Waals surface area contributed by atoms with Crippen molar-refractivity contribution in [2.24, 2.45) is 10.8 Å². The minimum absolute atomic E-state index is 0.00550. The molecule has 126 valence electrons. The van der Waals surface area contributed by atoms with Crippen molar-refractivity contribution in [1.82, 2.24) is 5.43 Å². The Bertz CT molecular complexity index is 851. The maximum atomic E-state index is 12.4. The number of hydrogen-bond donors (Lipinski definition) is 2. The summed E-state index contributed by atoms with van der Waals surface area (Å²) in [6.45, 7) is 0. The van der Waals surface area contributed by atoms with Gasteiger partial charge in [-0.1, -0.05) is 24.3 Å². The summed E-state index contributed by atoms with van der Waals surface area (Å²) < 4.78 is 35.1. The summed E-state index contributed by atoms with van der Waals surface area (Å²) in [7, 11) is -2.69. The van der Waals surface area contributed by atoms with E-state index in [9.17, 15) is 13.2 Å². The lowest BCUT2D eigenvalue weighted by atomic mass is 10.2. The smallest absolute Gasteiger partial charge is 0.339 e. The molecule has 2 amide bonds. The fourth-order valence-electron chi connectivity index (χ4n) is 1.79. The van der Waals surface area contributed by atoms with Crippen molar-refractivity contribution in [3.05, 3.63) is 54.1 Å². The molecule has 0 saturated heterocycles. The SMILES string of the molecule is COc1cccc(/C=N\NC(N)=O)c1OS(=O)(=O)c1ccccc1. The molecular formula is C15H15N3O5S. The molecule has 0 heterocycles. The van der Waals surface area contributed by atoms with Gasteiger partial charge in [0.25, 0.3) is 0 Å². The second-order valence-corrected chi connectivity index (χ2v) is 6.01. The highest BCUT2D eigenvalue weighted by molar-refractivity contribution is 7.87. The Morgan fingerprint density at radius 1 is 1.17 bits per heavy atom. The first kappa shape index (κ1) is 17.3. The van der Waals surface area contributed by atoms with Gasteiger partial charge in [-0.25, -0.2) is 10.2 Å². The quantitative estimate of drug-likeness (QED) is 0.465. The largest absolute Gasteiger partial charge is 0.493 e. The second-order valence-electron chi connectivity index (χ2n) is 4.46. The van der Waals surface area contributed by atoms with E-state index < -0.39 is 16.1 Å². The normalized spacial score (nSPS) is 11.2. The molecule has 0 unspecified atom stereocenters. The maximum absolute atomic E-state index is 12.4. The average Bonchev–Trinajstić information content (AvgIpc) is 2.56. The number of nitrogens with one attached hydrogen (secondary N) is 1. The molecule has 0 spiro atoms. The van der Waals surface area contributed by atoms with Crippen molar-refractivity contribution >= 4 is 22.4 Å². The lowest BCUT2D eigenvalue weighted by Crippen LogP contribution is -2.24. The van der Waals surface area contributed by atoms with Gasteiger partial charge in [-0.15, -0.1) is 0 Å². The maximum Gasteiger partial charge on any atom is 0.339 e. The number of nitrogens with zero attached hydrogens (tertiary/aromatic N) is 1. The Balaban J connectivity index is 2.41. The monoisotopic (exact) mass is 349 g/mol. The zero-order valence-corrected chi connectivity index (χ0v) is 13.5. The van der Waals surface area contributed by atoms with E-state index in [0.29, 0.717) is 0 Å². The molecule has 0 radical (unpaired) electrons. The van der Waals surface area contributed by atoms with Crippen molar-refractivity contribution in [2.75, 3.05) is 7.11 Å². The predicted octanol–water partition coefficient (Wildman–Crippen LogP) is 1.47. The van der Waals surface area contributed by atoms with Gasteiger partial charge < -0.3 is 14.7 Å². The summed E-state index contributed by atoms with van der Waals surface area (Å²) in [5, 5.41) is 3.60. The van der Waals surface area contributed by atoms with E-state index in [2.05, 4.69) is 5.10 Å². The number of carbonyl (C=O) groups excluding carboxylic acids is 1. The Morgan fingerprint density at radius 2 is 1.88 bits per heavy atom. The van der Waals surface area contributed by atoms with E-state index in [1.54, 1.807) is 30.3 Å². The van der Waals surface area contributed by atoms with Gasteiger partial charge in [0.2, 0.25) is 0 Å². The second kappa shape index (κ2) is 7.47. The number of urea groups is 1. The van der Waals surface area contributed by atoms with Crippen molar-refractivity contribution in [1.29, 1.82) is 0 Å². The molecule has 24 heavy (non-hydrogen) atoms. The summed E-state index contributed by atoms with van der Waals surface area (Å²) >= 11 is 0. The minimum atomic E-state index is -4.06. The van der Waals surface area contributed by atoms with Gasteiger partial charge in [0, 0.05) is 5.56 Å². The Hall–Kier alpha value is -3.07. The van der Waals surface area contributed by atoms with Gasteiger partial charge in [0.1, 0.15) is 4.90 Å². The van der Waals surface area contributed by atoms with Crippen LogP contribution in [0.1, 0.15) is 5.56 Å². The van der Waals surface area contributed by atoms with E-state index in [1.165, 1.54) is 31.5 Å². The molecule has 9 heteroatoms. The molecule has 0 fully saturated rings. The number of rotatable bonds is 6. The lowest BCUT2D eigenvalue weighted by Gasteiger charge is -2.13. The molecule has 0 aliphatic heterocycles. The molecular weight excluding hydrogens is 334 g/mol. The van der Waals surface area contributed by atoms with Gasteiger partial charge >= 0.3 is 16.1 Å². The predicted molar refractivity (Wildman–Crippen MR) is 87.6 cm³/mol. The van der Waals surface area contributed by atoms with Crippen LogP contribution in [-0.2, 0) is 10.1 Å². The average molecular weight is 349 g/mol. The topological polar surface area (TPSA) is 120 Å². The molecule has 0 aromatic heterocycles. The zero-order valence-electron chi connectivity index (χ0n) is 12.7.